The van der Waals surface area contributed by atoms with E-state index < -0.39 is 31.2 Å². The number of nitrogens with one attached hydrogen (secondary N) is 1. The predicted octanol–water partition coefficient (Wildman–Crippen LogP) is 1.67. The topological polar surface area (TPSA) is 105 Å². The fraction of sp³-hybridized carbons (Fsp3) is 0.706. The summed E-state index contributed by atoms with van der Waals surface area (Å²) in [7, 11) is 0. The zero-order valence-corrected chi connectivity index (χ0v) is 15.3. The van der Waals surface area contributed by atoms with Crippen LogP contribution in [-0.4, -0.2) is 60.8 Å². The Labute approximate surface area is 159 Å². The molecule has 3 N–H and O–H groups in total. The van der Waals surface area contributed by atoms with Gasteiger partial charge in [-0.25, -0.2) is 9.37 Å². The lowest BCUT2D eigenvalue weighted by atomic mass is 9.95. The first-order chi connectivity index (χ1) is 13.0. The van der Waals surface area contributed by atoms with E-state index in [-0.39, 0.29) is 5.28 Å². The number of imidazole rings is 1. The predicted molar refractivity (Wildman–Crippen MR) is 95.1 cm³/mol. The summed E-state index contributed by atoms with van der Waals surface area (Å²) in [6.45, 7) is -0.895. The van der Waals surface area contributed by atoms with Gasteiger partial charge in [0.15, 0.2) is 23.2 Å². The van der Waals surface area contributed by atoms with Crippen molar-refractivity contribution in [2.75, 3.05) is 12.0 Å². The van der Waals surface area contributed by atoms with Crippen molar-refractivity contribution < 1.29 is 19.3 Å². The largest absolute Gasteiger partial charge is 0.387 e. The maximum Gasteiger partial charge on any atom is 0.226 e. The highest BCUT2D eigenvalue weighted by atomic mass is 35.5. The van der Waals surface area contributed by atoms with Gasteiger partial charge in [0.05, 0.1) is 6.33 Å². The highest BCUT2D eigenvalue weighted by Gasteiger charge is 2.44. The van der Waals surface area contributed by atoms with E-state index in [1.165, 1.54) is 30.2 Å². The molecule has 7 atom stereocenters. The van der Waals surface area contributed by atoms with Crippen molar-refractivity contribution in [1.29, 1.82) is 0 Å². The molecule has 10 heteroatoms. The van der Waals surface area contributed by atoms with Crippen LogP contribution in [0.5, 0.6) is 0 Å². The summed E-state index contributed by atoms with van der Waals surface area (Å²) < 4.78 is 19.9. The van der Waals surface area contributed by atoms with Crippen LogP contribution < -0.4 is 5.32 Å². The van der Waals surface area contributed by atoms with E-state index in [2.05, 4.69) is 20.3 Å². The molecule has 0 radical (unpaired) electrons. The van der Waals surface area contributed by atoms with Gasteiger partial charge in [0.1, 0.15) is 25.0 Å². The highest BCUT2D eigenvalue weighted by Crippen LogP contribution is 2.45. The van der Waals surface area contributed by atoms with E-state index in [1.807, 2.05) is 0 Å². The van der Waals surface area contributed by atoms with Crippen LogP contribution in [0.1, 0.15) is 31.9 Å². The number of aromatic nitrogens is 4. The Hall–Kier alpha value is -1.55. The first kappa shape index (κ1) is 17.5. The minimum atomic E-state index is -1.32. The van der Waals surface area contributed by atoms with Crippen LogP contribution in [0.15, 0.2) is 6.33 Å². The highest BCUT2D eigenvalue weighted by molar-refractivity contribution is 6.28. The summed E-state index contributed by atoms with van der Waals surface area (Å²) in [4.78, 5) is 12.9. The molecule has 5 rings (SSSR count). The average molecular weight is 398 g/mol. The average Bonchev–Trinajstić information content (AvgIpc) is 3.41. The number of ether oxygens (including phenoxy) is 1. The second-order valence-corrected chi connectivity index (χ2v) is 8.13. The number of hydrogen-bond acceptors (Lipinski definition) is 7. The number of nitrogens with zero attached hydrogens (tertiary/aromatic N) is 4. The molecule has 2 aromatic heterocycles. The van der Waals surface area contributed by atoms with Crippen molar-refractivity contribution in [1.82, 2.24) is 19.5 Å². The number of rotatable bonds is 4. The quantitative estimate of drug-likeness (QED) is 0.674. The zero-order chi connectivity index (χ0) is 18.7. The lowest BCUT2D eigenvalue weighted by Crippen LogP contribution is -2.32. The summed E-state index contributed by atoms with van der Waals surface area (Å²) in [5.74, 6) is 1.97. The van der Waals surface area contributed by atoms with Crippen LogP contribution in [0.2, 0.25) is 5.28 Å². The van der Waals surface area contributed by atoms with E-state index in [0.717, 1.165) is 12.3 Å². The van der Waals surface area contributed by atoms with Crippen molar-refractivity contribution in [2.24, 2.45) is 11.8 Å². The van der Waals surface area contributed by atoms with Crippen LogP contribution >= 0.6 is 11.6 Å². The molecule has 8 nitrogen and oxygen atoms in total. The fourth-order valence-corrected chi connectivity index (χ4v) is 5.02. The molecule has 0 amide bonds. The van der Waals surface area contributed by atoms with Crippen LogP contribution in [0.3, 0.4) is 0 Å². The van der Waals surface area contributed by atoms with Crippen molar-refractivity contribution in [2.45, 2.75) is 56.3 Å². The van der Waals surface area contributed by atoms with Crippen molar-refractivity contribution in [3.05, 3.63) is 11.6 Å². The second kappa shape index (κ2) is 6.51. The molecule has 2 saturated carbocycles. The monoisotopic (exact) mass is 397 g/mol. The molecule has 2 bridgehead atoms. The number of fused-ring (bicyclic) bond motifs is 3. The van der Waals surface area contributed by atoms with Gasteiger partial charge in [-0.2, -0.15) is 9.97 Å². The number of alkyl halides is 1. The Morgan fingerprint density at radius 2 is 2.11 bits per heavy atom. The Morgan fingerprint density at radius 3 is 2.78 bits per heavy atom. The van der Waals surface area contributed by atoms with Crippen molar-refractivity contribution in [3.8, 4) is 0 Å². The minimum Gasteiger partial charge on any atom is -0.387 e. The van der Waals surface area contributed by atoms with Gasteiger partial charge >= 0.3 is 0 Å². The molecule has 0 spiro atoms. The lowest BCUT2D eigenvalue weighted by molar-refractivity contribution is -0.0409. The SMILES string of the molecule is O[C@@H]1[C@H](O)[C@@H](CF)O[C@H]1n1cnc2c(N[C@@H]3CC4CCC3C4)nc(Cl)nc21. The number of aliphatic hydroxyl groups is 2. The Balaban J connectivity index is 1.48. The van der Waals surface area contributed by atoms with Gasteiger partial charge in [0, 0.05) is 6.04 Å². The maximum atomic E-state index is 13.0. The van der Waals surface area contributed by atoms with Crippen LogP contribution in [0.25, 0.3) is 11.2 Å². The molecule has 2 aliphatic carbocycles. The van der Waals surface area contributed by atoms with Gasteiger partial charge in [-0.15, -0.1) is 0 Å². The summed E-state index contributed by atoms with van der Waals surface area (Å²) in [5, 5.41) is 23.7. The molecular weight excluding hydrogens is 377 g/mol. The van der Waals surface area contributed by atoms with Crippen LogP contribution in [0.4, 0.5) is 10.2 Å². The molecular formula is C17H21ClFN5O3. The summed E-state index contributed by atoms with van der Waals surface area (Å²) >= 11 is 6.13. The molecule has 1 saturated heterocycles. The Kier molecular flexibility index (Phi) is 4.23. The van der Waals surface area contributed by atoms with Crippen LogP contribution in [-0.2, 0) is 4.74 Å². The van der Waals surface area contributed by atoms with E-state index in [9.17, 15) is 14.6 Å². The Morgan fingerprint density at radius 1 is 1.26 bits per heavy atom. The molecule has 27 heavy (non-hydrogen) atoms. The van der Waals surface area contributed by atoms with E-state index in [1.54, 1.807) is 0 Å². The van der Waals surface area contributed by atoms with Crippen LogP contribution in [0, 0.1) is 11.8 Å². The second-order valence-electron chi connectivity index (χ2n) is 7.79. The molecule has 3 fully saturated rings. The van der Waals surface area contributed by atoms with E-state index in [4.69, 9.17) is 16.3 Å². The summed E-state index contributed by atoms with van der Waals surface area (Å²) in [5.41, 5.74) is 0.882. The maximum absolute atomic E-state index is 13.0. The first-order valence-corrected chi connectivity index (χ1v) is 9.67. The van der Waals surface area contributed by atoms with E-state index in [0.29, 0.717) is 28.9 Å². The number of aliphatic hydroxyl groups excluding tert-OH is 2. The van der Waals surface area contributed by atoms with E-state index >= 15 is 0 Å². The third-order valence-corrected chi connectivity index (χ3v) is 6.39. The Bertz CT molecular complexity index is 866. The van der Waals surface area contributed by atoms with Gasteiger partial charge in [-0.3, -0.25) is 4.57 Å². The molecule has 1 aliphatic heterocycles. The number of anilines is 1. The van der Waals surface area contributed by atoms with Crippen molar-refractivity contribution in [3.63, 3.8) is 0 Å². The molecule has 3 aliphatic rings. The molecule has 2 unspecified atom stereocenters. The van der Waals surface area contributed by atoms with Gasteiger partial charge in [0.25, 0.3) is 0 Å². The third-order valence-electron chi connectivity index (χ3n) is 6.22. The minimum absolute atomic E-state index is 0.0463. The fourth-order valence-electron chi connectivity index (χ4n) is 4.86. The molecule has 146 valence electrons. The number of halogens is 2. The smallest absolute Gasteiger partial charge is 0.226 e. The molecule has 2 aromatic rings. The number of hydrogen-bond donors (Lipinski definition) is 3. The van der Waals surface area contributed by atoms with Gasteiger partial charge < -0.3 is 20.3 Å². The van der Waals surface area contributed by atoms with Gasteiger partial charge in [-0.05, 0) is 42.7 Å². The first-order valence-electron chi connectivity index (χ1n) is 9.29. The zero-order valence-electron chi connectivity index (χ0n) is 14.5. The summed E-state index contributed by atoms with van der Waals surface area (Å²) in [6, 6.07) is 0.342. The van der Waals surface area contributed by atoms with Crippen molar-refractivity contribution >= 4 is 28.6 Å². The molecule has 3 heterocycles. The van der Waals surface area contributed by atoms with Gasteiger partial charge in [0.2, 0.25) is 5.28 Å². The third kappa shape index (κ3) is 2.79. The lowest BCUT2D eigenvalue weighted by Gasteiger charge is -2.23. The summed E-state index contributed by atoms with van der Waals surface area (Å²) in [6.07, 6.45) is 1.64. The molecule has 0 aromatic carbocycles. The normalized spacial score (nSPS) is 38.1. The van der Waals surface area contributed by atoms with Gasteiger partial charge in [-0.1, -0.05) is 6.42 Å². The standard InChI is InChI=1S/C17H21ClFN5O3/c18-17-22-14(21-9-4-7-1-2-8(9)3-7)11-15(23-17)24(6-20-11)16-13(26)12(25)10(5-19)27-16/h6-10,12-13,16,25-26H,1-5H2,(H,21,22,23)/t7?,8?,9-,10-,12-,13-,16-/m1/s1.